The molecule has 15 heavy (non-hydrogen) atoms. The lowest BCUT2D eigenvalue weighted by molar-refractivity contribution is -0.124. The second-order valence-corrected chi connectivity index (χ2v) is 5.48. The second kappa shape index (κ2) is 4.91. The molecule has 1 atom stereocenters. The number of hydrogen-bond acceptors (Lipinski definition) is 4. The molecule has 1 rings (SSSR count). The summed E-state index contributed by atoms with van der Waals surface area (Å²) in [5.41, 5.74) is 0. The van der Waals surface area contributed by atoms with Crippen molar-refractivity contribution in [1.82, 2.24) is 9.62 Å². The topological polar surface area (TPSA) is 86.7 Å². The normalized spacial score (nSPS) is 22.9. The van der Waals surface area contributed by atoms with Gasteiger partial charge in [0.25, 0.3) is 0 Å². The van der Waals surface area contributed by atoms with Crippen molar-refractivity contribution in [3.63, 3.8) is 0 Å². The summed E-state index contributed by atoms with van der Waals surface area (Å²) < 4.78 is 23.8. The SMILES string of the molecule is CS(=O)(=O)N1CCC[C@@H]1C(=O)NCCO. The third-order valence-corrected chi connectivity index (χ3v) is 3.63. The lowest BCUT2D eigenvalue weighted by Crippen LogP contribution is -2.46. The van der Waals surface area contributed by atoms with E-state index in [1.54, 1.807) is 0 Å². The zero-order chi connectivity index (χ0) is 11.5. The Bertz CT molecular complexity index is 328. The summed E-state index contributed by atoms with van der Waals surface area (Å²) in [6.45, 7) is 0.417. The molecule has 88 valence electrons. The Labute approximate surface area is 89.3 Å². The van der Waals surface area contributed by atoms with Crippen LogP contribution >= 0.6 is 0 Å². The third kappa shape index (κ3) is 3.15. The molecule has 1 aliphatic rings. The van der Waals surface area contributed by atoms with Crippen LogP contribution < -0.4 is 5.32 Å². The third-order valence-electron chi connectivity index (χ3n) is 2.34. The van der Waals surface area contributed by atoms with Crippen LogP contribution in [0.25, 0.3) is 0 Å². The second-order valence-electron chi connectivity index (χ2n) is 3.55. The van der Waals surface area contributed by atoms with E-state index < -0.39 is 16.1 Å². The Kier molecular flexibility index (Phi) is 4.06. The van der Waals surface area contributed by atoms with Crippen LogP contribution in [0.15, 0.2) is 0 Å². The summed E-state index contributed by atoms with van der Waals surface area (Å²) in [5, 5.41) is 11.0. The zero-order valence-corrected chi connectivity index (χ0v) is 9.46. The molecule has 1 aliphatic heterocycles. The van der Waals surface area contributed by atoms with Crippen molar-refractivity contribution in [2.75, 3.05) is 26.0 Å². The molecule has 7 heteroatoms. The van der Waals surface area contributed by atoms with Crippen molar-refractivity contribution in [1.29, 1.82) is 0 Å². The minimum Gasteiger partial charge on any atom is -0.395 e. The highest BCUT2D eigenvalue weighted by Crippen LogP contribution is 2.20. The maximum Gasteiger partial charge on any atom is 0.238 e. The summed E-state index contributed by atoms with van der Waals surface area (Å²) in [7, 11) is -3.31. The first kappa shape index (κ1) is 12.4. The summed E-state index contributed by atoms with van der Waals surface area (Å²) in [6.07, 6.45) is 2.35. The average molecular weight is 236 g/mol. The lowest BCUT2D eigenvalue weighted by atomic mass is 10.2. The van der Waals surface area contributed by atoms with E-state index in [9.17, 15) is 13.2 Å². The number of aliphatic hydroxyl groups excluding tert-OH is 1. The number of hydrogen-bond donors (Lipinski definition) is 2. The number of carbonyl (C=O) groups is 1. The number of aliphatic hydroxyl groups is 1. The van der Waals surface area contributed by atoms with E-state index in [2.05, 4.69) is 5.32 Å². The molecule has 0 aromatic rings. The molecule has 0 spiro atoms. The Hall–Kier alpha value is -0.660. The molecule has 0 radical (unpaired) electrons. The largest absolute Gasteiger partial charge is 0.395 e. The highest BCUT2D eigenvalue weighted by atomic mass is 32.2. The van der Waals surface area contributed by atoms with Crippen molar-refractivity contribution in [3.05, 3.63) is 0 Å². The van der Waals surface area contributed by atoms with Crippen LogP contribution in [0.2, 0.25) is 0 Å². The predicted octanol–water partition coefficient (Wildman–Crippen LogP) is -1.48. The highest BCUT2D eigenvalue weighted by molar-refractivity contribution is 7.88. The van der Waals surface area contributed by atoms with Gasteiger partial charge in [0, 0.05) is 13.1 Å². The molecule has 0 bridgehead atoms. The quantitative estimate of drug-likeness (QED) is 0.623. The van der Waals surface area contributed by atoms with Gasteiger partial charge >= 0.3 is 0 Å². The van der Waals surface area contributed by atoms with Gasteiger partial charge in [0.05, 0.1) is 12.9 Å². The fourth-order valence-corrected chi connectivity index (χ4v) is 2.82. The van der Waals surface area contributed by atoms with Crippen molar-refractivity contribution in [2.24, 2.45) is 0 Å². The maximum absolute atomic E-state index is 11.5. The number of amides is 1. The van der Waals surface area contributed by atoms with Crippen molar-refractivity contribution in [2.45, 2.75) is 18.9 Å². The van der Waals surface area contributed by atoms with Crippen molar-refractivity contribution < 1.29 is 18.3 Å². The van der Waals surface area contributed by atoms with E-state index in [1.165, 1.54) is 4.31 Å². The molecule has 0 aliphatic carbocycles. The number of nitrogens with one attached hydrogen (secondary N) is 1. The smallest absolute Gasteiger partial charge is 0.238 e. The standard InChI is InChI=1S/C8H16N2O4S/c1-15(13,14)10-5-2-3-7(10)8(12)9-4-6-11/h7,11H,2-6H2,1H3,(H,9,12)/t7-/m1/s1. The number of nitrogens with zero attached hydrogens (tertiary/aromatic N) is 1. The van der Waals surface area contributed by atoms with Crippen molar-refractivity contribution >= 4 is 15.9 Å². The lowest BCUT2D eigenvalue weighted by Gasteiger charge is -2.20. The monoisotopic (exact) mass is 236 g/mol. The van der Waals surface area contributed by atoms with Crippen LogP contribution in [0.4, 0.5) is 0 Å². The fraction of sp³-hybridized carbons (Fsp3) is 0.875. The van der Waals surface area contributed by atoms with Gasteiger partial charge in [0.15, 0.2) is 0 Å². The molecule has 1 amide bonds. The first-order valence-electron chi connectivity index (χ1n) is 4.82. The average Bonchev–Trinajstić information content (AvgIpc) is 2.61. The van der Waals surface area contributed by atoms with Gasteiger partial charge in [-0.25, -0.2) is 8.42 Å². The van der Waals surface area contributed by atoms with E-state index in [0.29, 0.717) is 19.4 Å². The van der Waals surface area contributed by atoms with Crippen LogP contribution in [-0.2, 0) is 14.8 Å². The molecule has 0 saturated carbocycles. The van der Waals surface area contributed by atoms with E-state index in [0.717, 1.165) is 6.26 Å². The molecule has 1 saturated heterocycles. The number of carbonyl (C=O) groups excluding carboxylic acids is 1. The first-order valence-corrected chi connectivity index (χ1v) is 6.67. The molecule has 6 nitrogen and oxygen atoms in total. The Balaban J connectivity index is 2.65. The van der Waals surface area contributed by atoms with Gasteiger partial charge in [-0.1, -0.05) is 0 Å². The van der Waals surface area contributed by atoms with Gasteiger partial charge in [-0.3, -0.25) is 4.79 Å². The van der Waals surface area contributed by atoms with Crippen LogP contribution in [0.3, 0.4) is 0 Å². The Morgan fingerprint density at radius 2 is 2.27 bits per heavy atom. The summed E-state index contributed by atoms with van der Waals surface area (Å²) in [5.74, 6) is -0.327. The zero-order valence-electron chi connectivity index (χ0n) is 8.64. The van der Waals surface area contributed by atoms with Crippen molar-refractivity contribution in [3.8, 4) is 0 Å². The van der Waals surface area contributed by atoms with Gasteiger partial charge in [0.1, 0.15) is 6.04 Å². The highest BCUT2D eigenvalue weighted by Gasteiger charge is 2.35. The molecule has 0 unspecified atom stereocenters. The van der Waals surface area contributed by atoms with E-state index in [1.807, 2.05) is 0 Å². The number of rotatable bonds is 4. The van der Waals surface area contributed by atoms with Crippen LogP contribution in [0, 0.1) is 0 Å². The van der Waals surface area contributed by atoms with Crippen LogP contribution in [-0.4, -0.2) is 55.7 Å². The summed E-state index contributed by atoms with van der Waals surface area (Å²) in [6, 6.07) is -0.605. The predicted molar refractivity (Wildman–Crippen MR) is 54.7 cm³/mol. The molecule has 0 aromatic heterocycles. The van der Waals surface area contributed by atoms with E-state index in [-0.39, 0.29) is 19.1 Å². The Morgan fingerprint density at radius 3 is 2.80 bits per heavy atom. The molecular formula is C8H16N2O4S. The maximum atomic E-state index is 11.5. The molecule has 2 N–H and O–H groups in total. The molecule has 0 aromatic carbocycles. The van der Waals surface area contributed by atoms with E-state index >= 15 is 0 Å². The Morgan fingerprint density at radius 1 is 1.60 bits per heavy atom. The van der Waals surface area contributed by atoms with Crippen LogP contribution in [0.5, 0.6) is 0 Å². The minimum atomic E-state index is -3.31. The van der Waals surface area contributed by atoms with Gasteiger partial charge in [0.2, 0.25) is 15.9 Å². The van der Waals surface area contributed by atoms with Gasteiger partial charge in [-0.05, 0) is 12.8 Å². The van der Waals surface area contributed by atoms with Gasteiger partial charge in [-0.15, -0.1) is 0 Å². The molecule has 1 heterocycles. The molecule has 1 fully saturated rings. The minimum absolute atomic E-state index is 0.142. The summed E-state index contributed by atoms with van der Waals surface area (Å²) in [4.78, 5) is 11.5. The molecular weight excluding hydrogens is 220 g/mol. The van der Waals surface area contributed by atoms with Crippen LogP contribution in [0.1, 0.15) is 12.8 Å². The summed E-state index contributed by atoms with van der Waals surface area (Å²) >= 11 is 0. The van der Waals surface area contributed by atoms with E-state index in [4.69, 9.17) is 5.11 Å². The fourth-order valence-electron chi connectivity index (χ4n) is 1.70. The van der Waals surface area contributed by atoms with Gasteiger partial charge in [-0.2, -0.15) is 4.31 Å². The van der Waals surface area contributed by atoms with Gasteiger partial charge < -0.3 is 10.4 Å². The number of sulfonamides is 1. The first-order chi connectivity index (χ1) is 6.96.